The number of aliphatic hydroxyl groups excluding tert-OH is 1. The standard InChI is InChI=1S/C35H33F2N9O4/c36-30-11-5-12-31(37)29(30)22-40-44-34(48)35(19-24-7-1-2-8-25(24)20-41-45-38)32(28-10-4-3-9-26(28)21-42-46-39)50-33(43-35)23-13-15-27(16-14-23)49-18-6-17-47/h1-5,7-16,32,40,47H,6,17-22H2,(H,44,48)/t32-,35-/m0/s1. The maximum atomic E-state index is 14.6. The highest BCUT2D eigenvalue weighted by Gasteiger charge is 2.54. The van der Waals surface area contributed by atoms with Crippen LogP contribution in [0.2, 0.25) is 0 Å². The van der Waals surface area contributed by atoms with Crippen LogP contribution in [0, 0.1) is 11.6 Å². The van der Waals surface area contributed by atoms with Crippen molar-refractivity contribution in [3.05, 3.63) is 157 Å². The van der Waals surface area contributed by atoms with E-state index in [9.17, 15) is 13.6 Å². The number of hydrazine groups is 1. The molecule has 0 aromatic heterocycles. The van der Waals surface area contributed by atoms with Crippen molar-refractivity contribution in [3.63, 3.8) is 0 Å². The van der Waals surface area contributed by atoms with Gasteiger partial charge in [-0.05, 0) is 69.7 Å². The molecule has 15 heteroatoms. The van der Waals surface area contributed by atoms with Crippen molar-refractivity contribution in [2.45, 2.75) is 44.1 Å². The van der Waals surface area contributed by atoms with E-state index in [-0.39, 0.29) is 44.1 Å². The highest BCUT2D eigenvalue weighted by atomic mass is 19.1. The topological polar surface area (TPSA) is 190 Å². The number of nitrogens with one attached hydrogen (secondary N) is 2. The molecule has 0 unspecified atom stereocenters. The number of azide groups is 2. The molecule has 2 atom stereocenters. The van der Waals surface area contributed by atoms with Crippen molar-refractivity contribution in [1.82, 2.24) is 10.9 Å². The molecule has 0 aliphatic carbocycles. The van der Waals surface area contributed by atoms with Crippen molar-refractivity contribution in [1.29, 1.82) is 0 Å². The van der Waals surface area contributed by atoms with Crippen LogP contribution in [0.4, 0.5) is 8.78 Å². The van der Waals surface area contributed by atoms with E-state index >= 15 is 0 Å². The van der Waals surface area contributed by atoms with Gasteiger partial charge in [-0.1, -0.05) is 64.8 Å². The number of ether oxygens (including phenoxy) is 2. The van der Waals surface area contributed by atoms with Gasteiger partial charge in [0.05, 0.1) is 19.7 Å². The van der Waals surface area contributed by atoms with E-state index < -0.39 is 29.2 Å². The lowest BCUT2D eigenvalue weighted by atomic mass is 9.80. The molecule has 13 nitrogen and oxygen atoms in total. The van der Waals surface area contributed by atoms with E-state index in [0.29, 0.717) is 46.6 Å². The zero-order chi connectivity index (χ0) is 35.3. The Hall–Kier alpha value is -5.98. The van der Waals surface area contributed by atoms with Crippen molar-refractivity contribution in [2.75, 3.05) is 13.2 Å². The first-order chi connectivity index (χ1) is 24.4. The van der Waals surface area contributed by atoms with Crippen molar-refractivity contribution >= 4 is 11.8 Å². The Kier molecular flexibility index (Phi) is 11.9. The van der Waals surface area contributed by atoms with E-state index in [2.05, 4.69) is 30.9 Å². The Balaban J connectivity index is 1.62. The van der Waals surface area contributed by atoms with Crippen molar-refractivity contribution in [3.8, 4) is 5.75 Å². The van der Waals surface area contributed by atoms with Gasteiger partial charge in [-0.25, -0.2) is 19.2 Å². The van der Waals surface area contributed by atoms with Gasteiger partial charge in [0, 0.05) is 46.9 Å². The van der Waals surface area contributed by atoms with Gasteiger partial charge in [-0.3, -0.25) is 10.2 Å². The predicted octanol–water partition coefficient (Wildman–Crippen LogP) is 6.67. The zero-order valence-corrected chi connectivity index (χ0v) is 26.7. The molecule has 0 spiro atoms. The number of benzene rings is 4. The Bertz CT molecular complexity index is 1930. The van der Waals surface area contributed by atoms with Crippen LogP contribution in [0.5, 0.6) is 5.75 Å². The monoisotopic (exact) mass is 681 g/mol. The van der Waals surface area contributed by atoms with Crippen LogP contribution in [0.1, 0.15) is 45.9 Å². The molecule has 5 rings (SSSR count). The van der Waals surface area contributed by atoms with Crippen molar-refractivity contribution < 1.29 is 28.2 Å². The molecule has 0 radical (unpaired) electrons. The second-order valence-electron chi connectivity index (χ2n) is 11.2. The number of carbonyl (C=O) groups is 1. The van der Waals surface area contributed by atoms with Crippen LogP contribution in [-0.2, 0) is 35.6 Å². The summed E-state index contributed by atoms with van der Waals surface area (Å²) in [6.07, 6.45) is -0.689. The number of nitrogens with zero attached hydrogens (tertiary/aromatic N) is 7. The summed E-state index contributed by atoms with van der Waals surface area (Å²) in [4.78, 5) is 25.3. The lowest BCUT2D eigenvalue weighted by Gasteiger charge is -2.32. The van der Waals surface area contributed by atoms with Gasteiger partial charge < -0.3 is 14.6 Å². The van der Waals surface area contributed by atoms with Gasteiger partial charge in [0.1, 0.15) is 17.4 Å². The molecule has 1 amide bonds. The predicted molar refractivity (Wildman–Crippen MR) is 180 cm³/mol. The molecule has 50 heavy (non-hydrogen) atoms. The third-order valence-corrected chi connectivity index (χ3v) is 8.08. The van der Waals surface area contributed by atoms with Crippen molar-refractivity contribution in [2.24, 2.45) is 15.2 Å². The SMILES string of the molecule is [N-]=[N+]=NCc1ccccc1C[C@]1(C(=O)NNCc2c(F)cccc2F)N=C(c2ccc(OCCCO)cc2)O[C@H]1c1ccccc1CN=[N+]=[N-]. The first-order valence-electron chi connectivity index (χ1n) is 15.6. The highest BCUT2D eigenvalue weighted by Crippen LogP contribution is 2.44. The minimum absolute atomic E-state index is 0.00247. The highest BCUT2D eigenvalue weighted by molar-refractivity contribution is 6.01. The number of halogens is 2. The molecule has 4 aromatic rings. The minimum Gasteiger partial charge on any atom is -0.494 e. The fourth-order valence-electron chi connectivity index (χ4n) is 5.61. The number of carbonyl (C=O) groups excluding carboxylic acids is 1. The first kappa shape index (κ1) is 35.3. The summed E-state index contributed by atoms with van der Waals surface area (Å²) in [5.74, 6) is -1.58. The molecule has 1 heterocycles. The second-order valence-corrected chi connectivity index (χ2v) is 11.2. The molecule has 256 valence electrons. The summed E-state index contributed by atoms with van der Waals surface area (Å²) in [7, 11) is 0. The number of hydrogen-bond donors (Lipinski definition) is 3. The van der Waals surface area contributed by atoms with Gasteiger partial charge >= 0.3 is 0 Å². The Morgan fingerprint density at radius 2 is 1.54 bits per heavy atom. The van der Waals surface area contributed by atoms with E-state index in [1.165, 1.54) is 6.07 Å². The van der Waals surface area contributed by atoms with E-state index in [1.807, 2.05) is 0 Å². The summed E-state index contributed by atoms with van der Waals surface area (Å²) in [6.45, 7) is -0.105. The molecular formula is C35H33F2N9O4. The molecule has 4 aromatic carbocycles. The quantitative estimate of drug-likeness (QED) is 0.0391. The summed E-state index contributed by atoms with van der Waals surface area (Å²) < 4.78 is 41.1. The largest absolute Gasteiger partial charge is 0.494 e. The molecule has 3 N–H and O–H groups in total. The van der Waals surface area contributed by atoms with Crippen LogP contribution >= 0.6 is 0 Å². The fourth-order valence-corrected chi connectivity index (χ4v) is 5.61. The molecule has 1 aliphatic heterocycles. The third-order valence-electron chi connectivity index (χ3n) is 8.08. The lowest BCUT2D eigenvalue weighted by Crippen LogP contribution is -2.54. The van der Waals surface area contributed by atoms with Crippen LogP contribution in [0.3, 0.4) is 0 Å². The summed E-state index contributed by atoms with van der Waals surface area (Å²) in [5, 5.41) is 16.6. The number of hydrogen-bond acceptors (Lipinski definition) is 8. The van der Waals surface area contributed by atoms with E-state index in [0.717, 1.165) is 12.1 Å². The van der Waals surface area contributed by atoms with E-state index in [1.54, 1.807) is 72.8 Å². The Morgan fingerprint density at radius 1 is 0.900 bits per heavy atom. The fraction of sp³-hybridized carbons (Fsp3) is 0.257. The van der Waals surface area contributed by atoms with Gasteiger partial charge in [0.2, 0.25) is 5.90 Å². The average Bonchev–Trinajstić information content (AvgIpc) is 3.52. The number of rotatable bonds is 16. The third kappa shape index (κ3) is 8.17. The zero-order valence-electron chi connectivity index (χ0n) is 26.7. The first-order valence-corrected chi connectivity index (χ1v) is 15.6. The number of aliphatic imine (C=N–C) groups is 1. The Labute approximate surface area is 285 Å². The normalized spacial score (nSPS) is 16.4. The van der Waals surface area contributed by atoms with Crippen LogP contribution in [0.25, 0.3) is 20.9 Å². The summed E-state index contributed by atoms with van der Waals surface area (Å²) in [5.41, 5.74) is 24.3. The lowest BCUT2D eigenvalue weighted by molar-refractivity contribution is -0.130. The van der Waals surface area contributed by atoms with Crippen LogP contribution in [-0.4, -0.2) is 35.7 Å². The van der Waals surface area contributed by atoms with E-state index in [4.69, 9.17) is 30.6 Å². The molecule has 1 aliphatic rings. The molecule has 0 saturated carbocycles. The summed E-state index contributed by atoms with van der Waals surface area (Å²) in [6, 6.07) is 24.5. The van der Waals surface area contributed by atoms with Gasteiger partial charge in [0.15, 0.2) is 11.6 Å². The summed E-state index contributed by atoms with van der Waals surface area (Å²) >= 11 is 0. The average molecular weight is 682 g/mol. The number of aliphatic hydroxyl groups is 1. The molecule has 0 saturated heterocycles. The molecule has 0 bridgehead atoms. The van der Waals surface area contributed by atoms with Gasteiger partial charge in [0.25, 0.3) is 5.91 Å². The van der Waals surface area contributed by atoms with Crippen LogP contribution < -0.4 is 15.6 Å². The van der Waals surface area contributed by atoms with Gasteiger partial charge in [-0.2, -0.15) is 0 Å². The Morgan fingerprint density at radius 3 is 2.22 bits per heavy atom. The number of amides is 1. The second kappa shape index (κ2) is 16.9. The molecular weight excluding hydrogens is 648 g/mol. The van der Waals surface area contributed by atoms with Gasteiger partial charge in [-0.15, -0.1) is 0 Å². The minimum atomic E-state index is -1.76. The van der Waals surface area contributed by atoms with Crippen LogP contribution in [0.15, 0.2) is 106 Å². The maximum absolute atomic E-state index is 14.6. The maximum Gasteiger partial charge on any atom is 0.266 e. The molecule has 0 fully saturated rings. The smallest absolute Gasteiger partial charge is 0.266 e.